The number of carbonyl (C=O) groups is 2. The first-order chi connectivity index (χ1) is 15.7. The second kappa shape index (κ2) is 10.1. The lowest BCUT2D eigenvalue weighted by Gasteiger charge is -2.25. The molecule has 6 nitrogen and oxygen atoms in total. The van der Waals surface area contributed by atoms with Gasteiger partial charge in [0.05, 0.1) is 24.8 Å². The average Bonchev–Trinajstić information content (AvgIpc) is 3.03. The van der Waals surface area contributed by atoms with E-state index >= 15 is 0 Å². The third-order valence-electron chi connectivity index (χ3n) is 5.68. The highest BCUT2D eigenvalue weighted by atomic mass is 16.5. The van der Waals surface area contributed by atoms with E-state index in [2.05, 4.69) is 0 Å². The maximum absolute atomic E-state index is 13.1. The number of aliphatic hydroxyl groups is 1. The summed E-state index contributed by atoms with van der Waals surface area (Å²) >= 11 is 0. The number of likely N-dealkylation sites (tertiary alicyclic amines) is 1. The monoisotopic (exact) mass is 451 g/mol. The van der Waals surface area contributed by atoms with Gasteiger partial charge >= 0.3 is 0 Å². The number of hydrogen-bond donors (Lipinski definition) is 1. The van der Waals surface area contributed by atoms with E-state index in [4.69, 9.17) is 9.47 Å². The highest BCUT2D eigenvalue weighted by molar-refractivity contribution is 6.46. The van der Waals surface area contributed by atoms with Crippen molar-refractivity contribution in [3.63, 3.8) is 0 Å². The van der Waals surface area contributed by atoms with Gasteiger partial charge in [-0.25, -0.2) is 0 Å². The Bertz CT molecular complexity index is 1070. The summed E-state index contributed by atoms with van der Waals surface area (Å²) in [6, 6.07) is 12.0. The van der Waals surface area contributed by atoms with Gasteiger partial charge in [-0.3, -0.25) is 9.59 Å². The zero-order valence-corrected chi connectivity index (χ0v) is 20.2. The van der Waals surface area contributed by atoms with Crippen molar-refractivity contribution < 1.29 is 24.2 Å². The lowest BCUT2D eigenvalue weighted by Crippen LogP contribution is -2.30. The highest BCUT2D eigenvalue weighted by Crippen LogP contribution is 2.41. The molecule has 0 aromatic heterocycles. The number of hydrogen-bond acceptors (Lipinski definition) is 5. The maximum Gasteiger partial charge on any atom is 0.295 e. The fourth-order valence-corrected chi connectivity index (χ4v) is 4.22. The van der Waals surface area contributed by atoms with E-state index in [-0.39, 0.29) is 23.4 Å². The average molecular weight is 452 g/mol. The van der Waals surface area contributed by atoms with Crippen molar-refractivity contribution >= 4 is 17.4 Å². The Morgan fingerprint density at radius 1 is 1.09 bits per heavy atom. The van der Waals surface area contributed by atoms with E-state index in [9.17, 15) is 14.7 Å². The molecule has 0 saturated carbocycles. The van der Waals surface area contributed by atoms with Crippen LogP contribution in [0.1, 0.15) is 69.7 Å². The van der Waals surface area contributed by atoms with Crippen molar-refractivity contribution in [2.45, 2.75) is 59.1 Å². The number of amides is 1. The number of nitrogens with zero attached hydrogens (tertiary/aromatic N) is 1. The van der Waals surface area contributed by atoms with Crippen LogP contribution in [0.4, 0.5) is 0 Å². The summed E-state index contributed by atoms with van der Waals surface area (Å²) in [7, 11) is 1.60. The maximum atomic E-state index is 13.1. The van der Waals surface area contributed by atoms with E-state index in [0.29, 0.717) is 30.0 Å². The van der Waals surface area contributed by atoms with Crippen LogP contribution in [0.25, 0.3) is 5.76 Å². The molecule has 3 rings (SSSR count). The van der Waals surface area contributed by atoms with Crippen LogP contribution < -0.4 is 9.47 Å². The Balaban J connectivity index is 2.19. The molecule has 1 N–H and O–H groups in total. The zero-order valence-electron chi connectivity index (χ0n) is 20.2. The quantitative estimate of drug-likeness (QED) is 0.329. The van der Waals surface area contributed by atoms with Crippen molar-refractivity contribution in [1.29, 1.82) is 0 Å². The number of Topliss-reactive ketones (excluding diaryl/α,β-unsaturated/α-hetero) is 1. The number of ketones is 1. The van der Waals surface area contributed by atoms with Crippen molar-refractivity contribution in [1.82, 2.24) is 4.90 Å². The Morgan fingerprint density at radius 3 is 2.42 bits per heavy atom. The second-order valence-electron chi connectivity index (χ2n) is 8.84. The van der Waals surface area contributed by atoms with Crippen LogP contribution in [-0.2, 0) is 9.59 Å². The number of methoxy groups -OCH3 is 1. The predicted molar refractivity (Wildman–Crippen MR) is 129 cm³/mol. The first-order valence-corrected chi connectivity index (χ1v) is 11.4. The van der Waals surface area contributed by atoms with Crippen LogP contribution in [0.5, 0.6) is 11.5 Å². The fraction of sp³-hybridized carbons (Fsp3) is 0.407. The van der Waals surface area contributed by atoms with E-state index < -0.39 is 17.7 Å². The molecule has 1 atom stereocenters. The Hall–Kier alpha value is -3.28. The summed E-state index contributed by atoms with van der Waals surface area (Å²) in [6.07, 6.45) is 0.669. The number of aliphatic hydroxyl groups excluding tert-OH is 1. The van der Waals surface area contributed by atoms with Gasteiger partial charge in [0.15, 0.2) is 0 Å². The van der Waals surface area contributed by atoms with E-state index in [1.165, 1.54) is 4.90 Å². The molecule has 2 aromatic carbocycles. The van der Waals surface area contributed by atoms with Gasteiger partial charge in [0.1, 0.15) is 17.3 Å². The zero-order chi connectivity index (χ0) is 24.3. The van der Waals surface area contributed by atoms with Crippen LogP contribution in [-0.4, -0.2) is 41.5 Å². The molecule has 1 unspecified atom stereocenters. The van der Waals surface area contributed by atoms with Crippen molar-refractivity contribution in [3.8, 4) is 11.5 Å². The molecule has 0 radical (unpaired) electrons. The Labute approximate surface area is 195 Å². The van der Waals surface area contributed by atoms with Crippen molar-refractivity contribution in [3.05, 3.63) is 64.7 Å². The van der Waals surface area contributed by atoms with Crippen LogP contribution in [0.2, 0.25) is 0 Å². The number of rotatable bonds is 8. The minimum atomic E-state index is -0.690. The van der Waals surface area contributed by atoms with Gasteiger partial charge in [-0.15, -0.1) is 0 Å². The fourth-order valence-electron chi connectivity index (χ4n) is 4.22. The number of carbonyl (C=O) groups excluding carboxylic acids is 2. The number of ether oxygens (including phenoxy) is 2. The van der Waals surface area contributed by atoms with Gasteiger partial charge in [-0.05, 0) is 67.6 Å². The third kappa shape index (κ3) is 4.90. The van der Waals surface area contributed by atoms with Gasteiger partial charge in [-0.1, -0.05) is 32.9 Å². The largest absolute Gasteiger partial charge is 0.507 e. The molecule has 0 spiro atoms. The van der Waals surface area contributed by atoms with Crippen LogP contribution >= 0.6 is 0 Å². The van der Waals surface area contributed by atoms with Gasteiger partial charge in [0, 0.05) is 12.1 Å². The summed E-state index contributed by atoms with van der Waals surface area (Å²) < 4.78 is 11.3. The number of benzene rings is 2. The van der Waals surface area contributed by atoms with E-state index in [1.807, 2.05) is 65.0 Å². The first-order valence-electron chi connectivity index (χ1n) is 11.4. The molecule has 1 saturated heterocycles. The molecule has 33 heavy (non-hydrogen) atoms. The third-order valence-corrected chi connectivity index (χ3v) is 5.68. The standard InChI is InChI=1S/C27H33NO5/c1-7-13-28-24(18-9-8-10-20(14-18)33-17(4)5)23(26(30)27(28)31)25(29)19-11-12-22(32-6)21(15-19)16(2)3/h8-12,14-17,24,29H,7,13H2,1-6H3/b25-23+. The first kappa shape index (κ1) is 24.4. The van der Waals surface area contributed by atoms with Crippen molar-refractivity contribution in [2.24, 2.45) is 0 Å². The molecular weight excluding hydrogens is 418 g/mol. The van der Waals surface area contributed by atoms with E-state index in [1.54, 1.807) is 19.2 Å². The molecule has 1 amide bonds. The van der Waals surface area contributed by atoms with Crippen molar-refractivity contribution in [2.75, 3.05) is 13.7 Å². The minimum absolute atomic E-state index is 0.0176. The van der Waals surface area contributed by atoms with E-state index in [0.717, 1.165) is 11.1 Å². The normalized spacial score (nSPS) is 17.8. The molecule has 6 heteroatoms. The second-order valence-corrected chi connectivity index (χ2v) is 8.84. The van der Waals surface area contributed by atoms with Gasteiger partial charge in [0.2, 0.25) is 0 Å². The van der Waals surface area contributed by atoms with Gasteiger partial charge < -0.3 is 19.5 Å². The molecule has 0 bridgehead atoms. The van der Waals surface area contributed by atoms with Gasteiger partial charge in [-0.2, -0.15) is 0 Å². The summed E-state index contributed by atoms with van der Waals surface area (Å²) in [4.78, 5) is 27.6. The lowest BCUT2D eigenvalue weighted by molar-refractivity contribution is -0.139. The molecule has 1 fully saturated rings. The molecular formula is C27H33NO5. The van der Waals surface area contributed by atoms with Gasteiger partial charge in [0.25, 0.3) is 11.7 Å². The minimum Gasteiger partial charge on any atom is -0.507 e. The molecule has 2 aromatic rings. The molecule has 1 heterocycles. The summed E-state index contributed by atoms with van der Waals surface area (Å²) in [5.74, 6) is 0.0472. The van der Waals surface area contributed by atoms with Crippen LogP contribution in [0.3, 0.4) is 0 Å². The summed E-state index contributed by atoms with van der Waals surface area (Å²) in [5, 5.41) is 11.3. The molecule has 0 aliphatic carbocycles. The molecule has 1 aliphatic rings. The Morgan fingerprint density at radius 2 is 1.82 bits per heavy atom. The smallest absolute Gasteiger partial charge is 0.295 e. The predicted octanol–water partition coefficient (Wildman–Crippen LogP) is 5.44. The highest BCUT2D eigenvalue weighted by Gasteiger charge is 2.45. The molecule has 1 aliphatic heterocycles. The van der Waals surface area contributed by atoms with Crippen LogP contribution in [0, 0.1) is 0 Å². The molecule has 176 valence electrons. The Kier molecular flexibility index (Phi) is 7.46. The SMILES string of the molecule is CCCN1C(=O)C(=O)/C(=C(/O)c2ccc(OC)c(C(C)C)c2)C1c1cccc(OC(C)C)c1. The van der Waals surface area contributed by atoms with Crippen LogP contribution in [0.15, 0.2) is 48.0 Å². The summed E-state index contributed by atoms with van der Waals surface area (Å²) in [5.41, 5.74) is 2.21. The lowest BCUT2D eigenvalue weighted by atomic mass is 9.93. The topological polar surface area (TPSA) is 76.1 Å². The summed E-state index contributed by atoms with van der Waals surface area (Å²) in [6.45, 7) is 10.3.